The summed E-state index contributed by atoms with van der Waals surface area (Å²) in [6.07, 6.45) is -0.379. The van der Waals surface area contributed by atoms with Crippen LogP contribution < -0.4 is 0 Å². The van der Waals surface area contributed by atoms with Gasteiger partial charge in [0.1, 0.15) is 5.82 Å². The van der Waals surface area contributed by atoms with Gasteiger partial charge in [-0.1, -0.05) is 12.1 Å². The lowest BCUT2D eigenvalue weighted by Gasteiger charge is -2.38. The molecular weight excluding hydrogens is 273 g/mol. The first-order chi connectivity index (χ1) is 8.95. The number of amides is 1. The van der Waals surface area contributed by atoms with Crippen LogP contribution in [0.5, 0.6) is 0 Å². The van der Waals surface area contributed by atoms with E-state index in [1.165, 1.54) is 29.2 Å². The first-order valence-electron chi connectivity index (χ1n) is 5.89. The van der Waals surface area contributed by atoms with Crippen molar-refractivity contribution in [1.82, 2.24) is 4.90 Å². The fourth-order valence-corrected chi connectivity index (χ4v) is 2.75. The van der Waals surface area contributed by atoms with Crippen LogP contribution in [0, 0.1) is 5.82 Å². The standard InChI is InChI=1S/C13H13ClFNO3/c14-11(17)13(9-1-3-10(15)4-2-9)5-7-16(8-6-13)12(18)19/h1-4H,5-8H2,(H,18,19). The Morgan fingerprint density at radius 3 is 2.16 bits per heavy atom. The highest BCUT2D eigenvalue weighted by atomic mass is 35.5. The largest absolute Gasteiger partial charge is 0.465 e. The molecule has 1 saturated heterocycles. The minimum absolute atomic E-state index is 0.241. The quantitative estimate of drug-likeness (QED) is 0.850. The summed E-state index contributed by atoms with van der Waals surface area (Å²) in [6, 6.07) is 5.62. The fourth-order valence-electron chi connectivity index (χ4n) is 2.45. The summed E-state index contributed by atoms with van der Waals surface area (Å²) < 4.78 is 12.9. The second-order valence-electron chi connectivity index (χ2n) is 4.63. The fraction of sp³-hybridized carbons (Fsp3) is 0.385. The molecule has 102 valence electrons. The molecule has 1 aliphatic heterocycles. The Hall–Kier alpha value is -1.62. The van der Waals surface area contributed by atoms with Crippen molar-refractivity contribution in [1.29, 1.82) is 0 Å². The average molecular weight is 286 g/mol. The molecule has 1 aliphatic rings. The lowest BCUT2D eigenvalue weighted by Crippen LogP contribution is -2.47. The number of carbonyl (C=O) groups is 2. The van der Waals surface area contributed by atoms with Crippen LogP contribution in [0.3, 0.4) is 0 Å². The molecule has 0 radical (unpaired) electrons. The van der Waals surface area contributed by atoms with Crippen LogP contribution in [0.1, 0.15) is 18.4 Å². The number of halogens is 2. The van der Waals surface area contributed by atoms with Gasteiger partial charge < -0.3 is 10.0 Å². The monoisotopic (exact) mass is 285 g/mol. The van der Waals surface area contributed by atoms with Crippen molar-refractivity contribution < 1.29 is 19.1 Å². The third kappa shape index (κ3) is 2.56. The molecule has 6 heteroatoms. The maximum absolute atomic E-state index is 12.9. The van der Waals surface area contributed by atoms with E-state index >= 15 is 0 Å². The summed E-state index contributed by atoms with van der Waals surface area (Å²) in [6.45, 7) is 0.482. The Labute approximate surface area is 114 Å². The number of carboxylic acid groups (broad SMARTS) is 1. The van der Waals surface area contributed by atoms with Gasteiger partial charge in [-0.2, -0.15) is 0 Å². The molecule has 0 unspecified atom stereocenters. The molecule has 0 saturated carbocycles. The van der Waals surface area contributed by atoms with E-state index in [0.29, 0.717) is 18.4 Å². The van der Waals surface area contributed by atoms with E-state index in [-0.39, 0.29) is 18.9 Å². The normalized spacial score (nSPS) is 18.1. The van der Waals surface area contributed by atoms with Crippen molar-refractivity contribution in [3.8, 4) is 0 Å². The van der Waals surface area contributed by atoms with Gasteiger partial charge in [-0.25, -0.2) is 9.18 Å². The number of nitrogens with zero attached hydrogens (tertiary/aromatic N) is 1. The summed E-state index contributed by atoms with van der Waals surface area (Å²) in [4.78, 5) is 23.9. The molecule has 0 aliphatic carbocycles. The summed E-state index contributed by atoms with van der Waals surface area (Å²) in [5.41, 5.74) is -0.278. The number of likely N-dealkylation sites (tertiary alicyclic amines) is 1. The first kappa shape index (κ1) is 13.8. The van der Waals surface area contributed by atoms with Gasteiger partial charge in [0.05, 0.1) is 5.41 Å². The van der Waals surface area contributed by atoms with Gasteiger partial charge in [0, 0.05) is 13.1 Å². The third-order valence-electron chi connectivity index (χ3n) is 3.66. The molecule has 1 fully saturated rings. The maximum Gasteiger partial charge on any atom is 0.407 e. The maximum atomic E-state index is 12.9. The molecule has 0 spiro atoms. The predicted octanol–water partition coefficient (Wildman–Crippen LogP) is 2.60. The van der Waals surface area contributed by atoms with E-state index in [9.17, 15) is 14.0 Å². The molecule has 0 atom stereocenters. The van der Waals surface area contributed by atoms with Crippen molar-refractivity contribution in [2.24, 2.45) is 0 Å². The van der Waals surface area contributed by atoms with Crippen LogP contribution in [0.15, 0.2) is 24.3 Å². The van der Waals surface area contributed by atoms with Gasteiger partial charge in [-0.3, -0.25) is 4.79 Å². The number of rotatable bonds is 2. The van der Waals surface area contributed by atoms with E-state index in [1.54, 1.807) is 0 Å². The highest BCUT2D eigenvalue weighted by molar-refractivity contribution is 6.65. The first-order valence-corrected chi connectivity index (χ1v) is 6.27. The Kier molecular flexibility index (Phi) is 3.75. The van der Waals surface area contributed by atoms with Crippen molar-refractivity contribution in [2.45, 2.75) is 18.3 Å². The second kappa shape index (κ2) is 5.17. The number of benzene rings is 1. The molecule has 2 rings (SSSR count). The zero-order chi connectivity index (χ0) is 14.0. The number of carbonyl (C=O) groups excluding carboxylic acids is 1. The molecule has 0 aromatic heterocycles. The Bertz CT molecular complexity index is 495. The SMILES string of the molecule is O=C(O)N1CCC(C(=O)Cl)(c2ccc(F)cc2)CC1. The van der Waals surface area contributed by atoms with Gasteiger partial charge in [-0.05, 0) is 42.1 Å². The second-order valence-corrected chi connectivity index (χ2v) is 4.98. The topological polar surface area (TPSA) is 57.6 Å². The number of hydrogen-bond donors (Lipinski definition) is 1. The molecule has 1 heterocycles. The summed E-state index contributed by atoms with van der Waals surface area (Å²) in [5.74, 6) is -0.385. The van der Waals surface area contributed by atoms with Crippen molar-refractivity contribution in [3.63, 3.8) is 0 Å². The van der Waals surface area contributed by atoms with Crippen molar-refractivity contribution in [2.75, 3.05) is 13.1 Å². The lowest BCUT2D eigenvalue weighted by atomic mass is 9.74. The molecule has 4 nitrogen and oxygen atoms in total. The van der Waals surface area contributed by atoms with E-state index in [2.05, 4.69) is 0 Å². The molecule has 1 aromatic rings. The van der Waals surface area contributed by atoms with Crippen molar-refractivity contribution in [3.05, 3.63) is 35.6 Å². The molecule has 19 heavy (non-hydrogen) atoms. The van der Waals surface area contributed by atoms with E-state index in [0.717, 1.165) is 0 Å². The van der Waals surface area contributed by atoms with E-state index < -0.39 is 16.8 Å². The molecule has 1 aromatic carbocycles. The minimum Gasteiger partial charge on any atom is -0.465 e. The van der Waals surface area contributed by atoms with E-state index in [4.69, 9.17) is 16.7 Å². The third-order valence-corrected chi connectivity index (χ3v) is 4.02. The van der Waals surface area contributed by atoms with Gasteiger partial charge in [0.2, 0.25) is 5.24 Å². The summed E-state index contributed by atoms with van der Waals surface area (Å²) in [7, 11) is 0. The van der Waals surface area contributed by atoms with E-state index in [1.807, 2.05) is 0 Å². The van der Waals surface area contributed by atoms with Crippen LogP contribution in [-0.2, 0) is 10.2 Å². The van der Waals surface area contributed by atoms with Gasteiger partial charge in [-0.15, -0.1) is 0 Å². The highest BCUT2D eigenvalue weighted by Crippen LogP contribution is 2.37. The van der Waals surface area contributed by atoms with Crippen LogP contribution in [0.2, 0.25) is 0 Å². The van der Waals surface area contributed by atoms with Crippen molar-refractivity contribution >= 4 is 22.9 Å². The van der Waals surface area contributed by atoms with Crippen LogP contribution in [0.4, 0.5) is 9.18 Å². The van der Waals surface area contributed by atoms with Crippen LogP contribution >= 0.6 is 11.6 Å². The van der Waals surface area contributed by atoms with Crippen LogP contribution in [-0.4, -0.2) is 34.4 Å². The predicted molar refractivity (Wildman–Crippen MR) is 67.8 cm³/mol. The Morgan fingerprint density at radius 1 is 1.21 bits per heavy atom. The van der Waals surface area contributed by atoms with Crippen LogP contribution in [0.25, 0.3) is 0 Å². The average Bonchev–Trinajstić information content (AvgIpc) is 2.39. The molecule has 0 bridgehead atoms. The summed E-state index contributed by atoms with van der Waals surface area (Å²) in [5, 5.41) is 8.39. The summed E-state index contributed by atoms with van der Waals surface area (Å²) >= 11 is 5.72. The number of hydrogen-bond acceptors (Lipinski definition) is 2. The van der Waals surface area contributed by atoms with Gasteiger partial charge >= 0.3 is 6.09 Å². The highest BCUT2D eigenvalue weighted by Gasteiger charge is 2.42. The zero-order valence-corrected chi connectivity index (χ0v) is 10.9. The smallest absolute Gasteiger partial charge is 0.407 e. The molecule has 1 N–H and O–H groups in total. The van der Waals surface area contributed by atoms with Gasteiger partial charge in [0.15, 0.2) is 0 Å². The zero-order valence-electron chi connectivity index (χ0n) is 10.1. The molecular formula is C13H13ClFNO3. The molecule has 1 amide bonds. The number of piperidine rings is 1. The minimum atomic E-state index is -1.00. The Morgan fingerprint density at radius 2 is 1.74 bits per heavy atom. The Balaban J connectivity index is 2.28. The lowest BCUT2D eigenvalue weighted by molar-refractivity contribution is -0.118. The van der Waals surface area contributed by atoms with Gasteiger partial charge in [0.25, 0.3) is 0 Å².